The number of carbonyl (C=O) groups excluding carboxylic acids is 1. The van der Waals surface area contributed by atoms with E-state index in [1.165, 1.54) is 12.6 Å². The third kappa shape index (κ3) is 3.12. The molecule has 1 heterocycles. The summed E-state index contributed by atoms with van der Waals surface area (Å²) in [5.74, 6) is -0.184. The third-order valence-electron chi connectivity index (χ3n) is 3.03. The number of rotatable bonds is 2. The van der Waals surface area contributed by atoms with Gasteiger partial charge in [0.15, 0.2) is 0 Å². The predicted octanol–water partition coefficient (Wildman–Crippen LogP) is 1.80. The summed E-state index contributed by atoms with van der Waals surface area (Å²) in [6.07, 6.45) is 1.87. The van der Waals surface area contributed by atoms with Crippen LogP contribution in [0.25, 0.3) is 0 Å². The highest BCUT2D eigenvalue weighted by molar-refractivity contribution is 5.66. The van der Waals surface area contributed by atoms with Gasteiger partial charge in [-0.1, -0.05) is 0 Å². The SMILES string of the molecule is CC(=O)OC1CCN(c2ccc(N)cc2)CC1. The Balaban J connectivity index is 1.90. The molecular formula is C13H18N2O2. The van der Waals surface area contributed by atoms with Crippen LogP contribution >= 0.6 is 0 Å². The van der Waals surface area contributed by atoms with Gasteiger partial charge in [-0.25, -0.2) is 0 Å². The van der Waals surface area contributed by atoms with Gasteiger partial charge in [0.2, 0.25) is 0 Å². The first-order valence-corrected chi connectivity index (χ1v) is 5.93. The Morgan fingerprint density at radius 3 is 2.41 bits per heavy atom. The molecule has 0 amide bonds. The van der Waals surface area contributed by atoms with E-state index in [2.05, 4.69) is 4.90 Å². The van der Waals surface area contributed by atoms with Crippen LogP contribution in [0.4, 0.5) is 11.4 Å². The smallest absolute Gasteiger partial charge is 0.302 e. The number of nitrogens with two attached hydrogens (primary N) is 1. The molecule has 4 nitrogen and oxygen atoms in total. The zero-order valence-electron chi connectivity index (χ0n) is 10.1. The second kappa shape index (κ2) is 5.08. The van der Waals surface area contributed by atoms with Crippen molar-refractivity contribution < 1.29 is 9.53 Å². The van der Waals surface area contributed by atoms with Gasteiger partial charge in [0.25, 0.3) is 0 Å². The average molecular weight is 234 g/mol. The summed E-state index contributed by atoms with van der Waals surface area (Å²) >= 11 is 0. The van der Waals surface area contributed by atoms with Crippen LogP contribution in [0.15, 0.2) is 24.3 Å². The van der Waals surface area contributed by atoms with Crippen molar-refractivity contribution in [1.82, 2.24) is 0 Å². The molecule has 1 aromatic rings. The maximum absolute atomic E-state index is 10.9. The quantitative estimate of drug-likeness (QED) is 0.626. The zero-order valence-corrected chi connectivity index (χ0v) is 10.1. The van der Waals surface area contributed by atoms with Crippen LogP contribution in [-0.4, -0.2) is 25.2 Å². The molecule has 17 heavy (non-hydrogen) atoms. The van der Waals surface area contributed by atoms with E-state index < -0.39 is 0 Å². The maximum Gasteiger partial charge on any atom is 0.302 e. The third-order valence-corrected chi connectivity index (χ3v) is 3.03. The number of ether oxygens (including phenoxy) is 1. The molecular weight excluding hydrogens is 216 g/mol. The van der Waals surface area contributed by atoms with Crippen LogP contribution < -0.4 is 10.6 Å². The number of hydrogen-bond donors (Lipinski definition) is 1. The molecule has 2 N–H and O–H groups in total. The fourth-order valence-electron chi connectivity index (χ4n) is 2.15. The molecule has 0 saturated carbocycles. The number of piperidine rings is 1. The fourth-order valence-corrected chi connectivity index (χ4v) is 2.15. The molecule has 1 aliphatic rings. The summed E-state index contributed by atoms with van der Waals surface area (Å²) in [6.45, 7) is 3.30. The number of carbonyl (C=O) groups is 1. The molecule has 0 atom stereocenters. The highest BCUT2D eigenvalue weighted by Crippen LogP contribution is 2.22. The van der Waals surface area contributed by atoms with Gasteiger partial charge in [0, 0.05) is 44.2 Å². The molecule has 92 valence electrons. The van der Waals surface area contributed by atoms with Gasteiger partial charge in [-0.15, -0.1) is 0 Å². The van der Waals surface area contributed by atoms with E-state index in [0.717, 1.165) is 31.6 Å². The molecule has 4 heteroatoms. The fraction of sp³-hybridized carbons (Fsp3) is 0.462. The lowest BCUT2D eigenvalue weighted by Crippen LogP contribution is -2.37. The number of anilines is 2. The van der Waals surface area contributed by atoms with Crippen LogP contribution in [0.5, 0.6) is 0 Å². The molecule has 0 unspecified atom stereocenters. The molecule has 1 aromatic carbocycles. The van der Waals surface area contributed by atoms with Crippen molar-refractivity contribution in [2.45, 2.75) is 25.9 Å². The van der Waals surface area contributed by atoms with Crippen molar-refractivity contribution in [2.24, 2.45) is 0 Å². The molecule has 0 spiro atoms. The van der Waals surface area contributed by atoms with Crippen molar-refractivity contribution >= 4 is 17.3 Å². The zero-order chi connectivity index (χ0) is 12.3. The predicted molar refractivity (Wildman–Crippen MR) is 67.9 cm³/mol. The number of hydrogen-bond acceptors (Lipinski definition) is 4. The Morgan fingerprint density at radius 1 is 1.29 bits per heavy atom. The van der Waals surface area contributed by atoms with Crippen molar-refractivity contribution in [1.29, 1.82) is 0 Å². The summed E-state index contributed by atoms with van der Waals surface area (Å²) in [7, 11) is 0. The van der Waals surface area contributed by atoms with E-state index >= 15 is 0 Å². The molecule has 0 aromatic heterocycles. The highest BCUT2D eigenvalue weighted by atomic mass is 16.5. The van der Waals surface area contributed by atoms with Crippen molar-refractivity contribution in [3.63, 3.8) is 0 Å². The minimum Gasteiger partial charge on any atom is -0.462 e. The van der Waals surface area contributed by atoms with Crippen LogP contribution in [0.1, 0.15) is 19.8 Å². The summed E-state index contributed by atoms with van der Waals surface area (Å²) in [5, 5.41) is 0. The first kappa shape index (κ1) is 11.8. The number of nitrogens with zero attached hydrogens (tertiary/aromatic N) is 1. The van der Waals surface area contributed by atoms with E-state index in [4.69, 9.17) is 10.5 Å². The van der Waals surface area contributed by atoms with E-state index in [-0.39, 0.29) is 12.1 Å². The minimum absolute atomic E-state index is 0.0810. The Labute approximate surface area is 101 Å². The van der Waals surface area contributed by atoms with Gasteiger partial charge in [0.05, 0.1) is 0 Å². The average Bonchev–Trinajstić information content (AvgIpc) is 2.30. The van der Waals surface area contributed by atoms with Gasteiger partial charge >= 0.3 is 5.97 Å². The molecule has 1 fully saturated rings. The first-order valence-electron chi connectivity index (χ1n) is 5.93. The lowest BCUT2D eigenvalue weighted by Gasteiger charge is -2.33. The molecule has 0 aliphatic carbocycles. The second-order valence-electron chi connectivity index (χ2n) is 4.39. The summed E-state index contributed by atoms with van der Waals surface area (Å²) in [5.41, 5.74) is 7.62. The molecule has 0 bridgehead atoms. The molecule has 0 radical (unpaired) electrons. The van der Waals surface area contributed by atoms with Gasteiger partial charge < -0.3 is 15.4 Å². The van der Waals surface area contributed by atoms with Gasteiger partial charge in [-0.3, -0.25) is 4.79 Å². The number of esters is 1. The van der Waals surface area contributed by atoms with E-state index in [9.17, 15) is 4.79 Å². The Morgan fingerprint density at radius 2 is 1.88 bits per heavy atom. The molecule has 1 saturated heterocycles. The van der Waals surface area contributed by atoms with Crippen LogP contribution in [0, 0.1) is 0 Å². The maximum atomic E-state index is 10.9. The van der Waals surface area contributed by atoms with Crippen LogP contribution in [0.3, 0.4) is 0 Å². The topological polar surface area (TPSA) is 55.6 Å². The molecule has 1 aliphatic heterocycles. The summed E-state index contributed by atoms with van der Waals surface area (Å²) in [6, 6.07) is 7.88. The van der Waals surface area contributed by atoms with Crippen molar-refractivity contribution in [3.05, 3.63) is 24.3 Å². The summed E-state index contributed by atoms with van der Waals surface area (Å²) in [4.78, 5) is 13.1. The number of nitrogen functional groups attached to an aromatic ring is 1. The van der Waals surface area contributed by atoms with E-state index in [1.54, 1.807) is 0 Å². The highest BCUT2D eigenvalue weighted by Gasteiger charge is 2.21. The van der Waals surface area contributed by atoms with Crippen molar-refractivity contribution in [3.8, 4) is 0 Å². The minimum atomic E-state index is -0.184. The van der Waals surface area contributed by atoms with Gasteiger partial charge in [-0.05, 0) is 24.3 Å². The largest absolute Gasteiger partial charge is 0.462 e. The van der Waals surface area contributed by atoms with E-state index in [1.807, 2.05) is 24.3 Å². The molecule has 2 rings (SSSR count). The summed E-state index contributed by atoms with van der Waals surface area (Å²) < 4.78 is 5.21. The Kier molecular flexibility index (Phi) is 3.52. The van der Waals surface area contributed by atoms with Crippen LogP contribution in [0.2, 0.25) is 0 Å². The first-order chi connectivity index (χ1) is 8.15. The lowest BCUT2D eigenvalue weighted by atomic mass is 10.1. The van der Waals surface area contributed by atoms with Crippen LogP contribution in [-0.2, 0) is 9.53 Å². The lowest BCUT2D eigenvalue weighted by molar-refractivity contribution is -0.147. The normalized spacial score (nSPS) is 16.9. The monoisotopic (exact) mass is 234 g/mol. The number of benzene rings is 1. The standard InChI is InChI=1S/C13H18N2O2/c1-10(16)17-13-6-8-15(9-7-13)12-4-2-11(14)3-5-12/h2-5,13H,6-9,14H2,1H3. The van der Waals surface area contributed by atoms with Crippen molar-refractivity contribution in [2.75, 3.05) is 23.7 Å². The Hall–Kier alpha value is -1.71. The van der Waals surface area contributed by atoms with Gasteiger partial charge in [0.1, 0.15) is 6.10 Å². The van der Waals surface area contributed by atoms with Gasteiger partial charge in [-0.2, -0.15) is 0 Å². The second-order valence-corrected chi connectivity index (χ2v) is 4.39. The van der Waals surface area contributed by atoms with E-state index in [0.29, 0.717) is 0 Å². The Bertz CT molecular complexity index is 381.